The Morgan fingerprint density at radius 2 is 1.70 bits per heavy atom. The summed E-state index contributed by atoms with van der Waals surface area (Å²) in [6.07, 6.45) is 0. The van der Waals surface area contributed by atoms with E-state index in [4.69, 9.17) is 27.9 Å². The number of hydrogen-bond acceptors (Lipinski definition) is 3. The molecule has 0 atom stereocenters. The highest BCUT2D eigenvalue weighted by Gasteiger charge is 2.08. The van der Waals surface area contributed by atoms with Crippen molar-refractivity contribution in [3.05, 3.63) is 85.8 Å². The van der Waals surface area contributed by atoms with Gasteiger partial charge in [0.05, 0.1) is 14.5 Å². The molecule has 0 aliphatic carbocycles. The molecule has 0 unspecified atom stereocenters. The number of ether oxygens (including phenoxy) is 1. The molecular formula is C23H21BrCl2N2O2. The molecule has 0 aromatic heterocycles. The summed E-state index contributed by atoms with van der Waals surface area (Å²) in [4.78, 5) is 12.2. The molecule has 4 nitrogen and oxygen atoms in total. The van der Waals surface area contributed by atoms with Gasteiger partial charge in [0.25, 0.3) is 5.91 Å². The van der Waals surface area contributed by atoms with Gasteiger partial charge in [-0.1, -0.05) is 35.3 Å². The molecule has 30 heavy (non-hydrogen) atoms. The van der Waals surface area contributed by atoms with Crippen LogP contribution in [0.4, 0.5) is 11.4 Å². The molecule has 3 aromatic rings. The molecule has 0 saturated carbocycles. The Bertz CT molecular complexity index is 1070. The molecular weight excluding hydrogens is 487 g/mol. The highest BCUT2D eigenvalue weighted by molar-refractivity contribution is 9.10. The van der Waals surface area contributed by atoms with Gasteiger partial charge in [0, 0.05) is 17.9 Å². The Balaban J connectivity index is 1.53. The lowest BCUT2D eigenvalue weighted by molar-refractivity contribution is -0.118. The van der Waals surface area contributed by atoms with Gasteiger partial charge in [0.2, 0.25) is 0 Å². The summed E-state index contributed by atoms with van der Waals surface area (Å²) in [5, 5.41) is 7.17. The van der Waals surface area contributed by atoms with Crippen molar-refractivity contribution >= 4 is 56.4 Å². The van der Waals surface area contributed by atoms with Crippen LogP contribution in [0.15, 0.2) is 59.1 Å². The van der Waals surface area contributed by atoms with Crippen LogP contribution in [0.25, 0.3) is 0 Å². The summed E-state index contributed by atoms with van der Waals surface area (Å²) < 4.78 is 6.43. The molecule has 0 spiro atoms. The number of rotatable bonds is 7. The van der Waals surface area contributed by atoms with Crippen molar-refractivity contribution in [2.75, 3.05) is 17.2 Å². The fourth-order valence-corrected chi connectivity index (χ4v) is 3.58. The summed E-state index contributed by atoms with van der Waals surface area (Å²) in [6, 6.07) is 16.9. The van der Waals surface area contributed by atoms with Gasteiger partial charge >= 0.3 is 0 Å². The van der Waals surface area contributed by atoms with Crippen molar-refractivity contribution in [1.29, 1.82) is 0 Å². The van der Waals surface area contributed by atoms with E-state index in [1.165, 1.54) is 5.56 Å². The van der Waals surface area contributed by atoms with Gasteiger partial charge in [-0.25, -0.2) is 0 Å². The second-order valence-electron chi connectivity index (χ2n) is 6.88. The fraction of sp³-hybridized carbons (Fsp3) is 0.174. The number of halogens is 3. The minimum Gasteiger partial charge on any atom is -0.483 e. The van der Waals surface area contributed by atoms with Crippen LogP contribution in [0.5, 0.6) is 5.75 Å². The average molecular weight is 508 g/mol. The molecule has 0 saturated heterocycles. The zero-order chi connectivity index (χ0) is 21.7. The third-order valence-electron chi connectivity index (χ3n) is 4.56. The average Bonchev–Trinajstić information content (AvgIpc) is 2.71. The van der Waals surface area contributed by atoms with Crippen molar-refractivity contribution in [2.45, 2.75) is 20.4 Å². The predicted octanol–water partition coefficient (Wildman–Crippen LogP) is 7.00. The molecule has 2 N–H and O–H groups in total. The van der Waals surface area contributed by atoms with Crippen molar-refractivity contribution in [1.82, 2.24) is 0 Å². The normalized spacial score (nSPS) is 10.6. The Labute approximate surface area is 194 Å². The first-order valence-corrected chi connectivity index (χ1v) is 10.8. The van der Waals surface area contributed by atoms with Crippen molar-refractivity contribution in [3.63, 3.8) is 0 Å². The number of benzene rings is 3. The summed E-state index contributed by atoms with van der Waals surface area (Å²) >= 11 is 15.5. The molecule has 156 valence electrons. The molecule has 0 radical (unpaired) electrons. The van der Waals surface area contributed by atoms with Gasteiger partial charge < -0.3 is 15.4 Å². The zero-order valence-corrected chi connectivity index (χ0v) is 19.7. The smallest absolute Gasteiger partial charge is 0.262 e. The lowest BCUT2D eigenvalue weighted by Gasteiger charge is -2.12. The van der Waals surface area contributed by atoms with Gasteiger partial charge in [-0.3, -0.25) is 4.79 Å². The molecule has 7 heteroatoms. The summed E-state index contributed by atoms with van der Waals surface area (Å²) in [5.74, 6) is 0.388. The maximum Gasteiger partial charge on any atom is 0.262 e. The second kappa shape index (κ2) is 10.2. The molecule has 0 aliphatic rings. The van der Waals surface area contributed by atoms with E-state index in [1.807, 2.05) is 56.3 Å². The van der Waals surface area contributed by atoms with Crippen LogP contribution in [0.1, 0.15) is 16.7 Å². The van der Waals surface area contributed by atoms with E-state index in [0.29, 0.717) is 22.3 Å². The van der Waals surface area contributed by atoms with Gasteiger partial charge in [-0.15, -0.1) is 0 Å². The van der Waals surface area contributed by atoms with E-state index in [1.54, 1.807) is 12.1 Å². The maximum absolute atomic E-state index is 12.2. The number of aryl methyl sites for hydroxylation is 2. The van der Waals surface area contributed by atoms with Gasteiger partial charge in [-0.05, 0) is 88.9 Å². The maximum atomic E-state index is 12.2. The van der Waals surface area contributed by atoms with Crippen LogP contribution >= 0.6 is 39.1 Å². The number of amides is 1. The zero-order valence-electron chi connectivity index (χ0n) is 16.6. The summed E-state index contributed by atoms with van der Waals surface area (Å²) in [5.41, 5.74) is 4.99. The van der Waals surface area contributed by atoms with E-state index >= 15 is 0 Å². The molecule has 0 fully saturated rings. The minimum absolute atomic E-state index is 0.0770. The van der Waals surface area contributed by atoms with Crippen LogP contribution in [-0.4, -0.2) is 12.5 Å². The van der Waals surface area contributed by atoms with Crippen LogP contribution in [0.3, 0.4) is 0 Å². The van der Waals surface area contributed by atoms with E-state index < -0.39 is 0 Å². The third-order valence-corrected chi connectivity index (χ3v) is 5.92. The van der Waals surface area contributed by atoms with E-state index in [9.17, 15) is 4.79 Å². The standard InChI is InChI=1S/C23H21BrCl2N2O2/c1-14-3-5-18(9-15(14)2)28-23(29)13-30-22-8-4-16(10-19(22)24)12-27-17-6-7-20(25)21(26)11-17/h3-11,27H,12-13H2,1-2H3,(H,28,29). The van der Waals surface area contributed by atoms with E-state index in [0.717, 1.165) is 27.0 Å². The quantitative estimate of drug-likeness (QED) is 0.362. The molecule has 0 aliphatic heterocycles. The van der Waals surface area contributed by atoms with Crippen molar-refractivity contribution in [2.24, 2.45) is 0 Å². The third kappa shape index (κ3) is 6.14. The predicted molar refractivity (Wildman–Crippen MR) is 128 cm³/mol. The van der Waals surface area contributed by atoms with Crippen molar-refractivity contribution < 1.29 is 9.53 Å². The topological polar surface area (TPSA) is 50.4 Å². The molecule has 3 aromatic carbocycles. The van der Waals surface area contributed by atoms with E-state index in [-0.39, 0.29) is 12.5 Å². The Morgan fingerprint density at radius 1 is 0.933 bits per heavy atom. The van der Waals surface area contributed by atoms with Gasteiger partial charge in [-0.2, -0.15) is 0 Å². The van der Waals surface area contributed by atoms with Crippen LogP contribution in [0.2, 0.25) is 10.0 Å². The first kappa shape index (κ1) is 22.5. The van der Waals surface area contributed by atoms with Crippen LogP contribution in [-0.2, 0) is 11.3 Å². The highest BCUT2D eigenvalue weighted by Crippen LogP contribution is 2.28. The first-order chi connectivity index (χ1) is 14.3. The molecule has 3 rings (SSSR count). The lowest BCUT2D eigenvalue weighted by Crippen LogP contribution is -2.20. The number of nitrogens with one attached hydrogen (secondary N) is 2. The van der Waals surface area contributed by atoms with Crippen LogP contribution in [0, 0.1) is 13.8 Å². The highest BCUT2D eigenvalue weighted by atomic mass is 79.9. The van der Waals surface area contributed by atoms with Crippen molar-refractivity contribution in [3.8, 4) is 5.75 Å². The Hall–Kier alpha value is -2.21. The Kier molecular flexibility index (Phi) is 7.64. The number of anilines is 2. The number of hydrogen-bond donors (Lipinski definition) is 2. The van der Waals surface area contributed by atoms with Gasteiger partial charge in [0.15, 0.2) is 6.61 Å². The molecule has 0 bridgehead atoms. The lowest BCUT2D eigenvalue weighted by atomic mass is 10.1. The second-order valence-corrected chi connectivity index (χ2v) is 8.55. The Morgan fingerprint density at radius 3 is 2.40 bits per heavy atom. The summed E-state index contributed by atoms with van der Waals surface area (Å²) in [7, 11) is 0. The van der Waals surface area contributed by atoms with Gasteiger partial charge in [0.1, 0.15) is 5.75 Å². The monoisotopic (exact) mass is 506 g/mol. The number of carbonyl (C=O) groups excluding carboxylic acids is 1. The fourth-order valence-electron chi connectivity index (χ4n) is 2.74. The SMILES string of the molecule is Cc1ccc(NC(=O)COc2ccc(CNc3ccc(Cl)c(Cl)c3)cc2Br)cc1C. The minimum atomic E-state index is -0.212. The van der Waals surface area contributed by atoms with E-state index in [2.05, 4.69) is 26.6 Å². The first-order valence-electron chi connectivity index (χ1n) is 9.29. The number of carbonyl (C=O) groups is 1. The summed E-state index contributed by atoms with van der Waals surface area (Å²) in [6.45, 7) is 4.57. The molecule has 1 amide bonds. The largest absolute Gasteiger partial charge is 0.483 e. The van der Waals surface area contributed by atoms with Crippen LogP contribution < -0.4 is 15.4 Å². The molecule has 0 heterocycles.